The number of rotatable bonds is 5. The average molecular weight is 278 g/mol. The van der Waals surface area contributed by atoms with Gasteiger partial charge in [0.15, 0.2) is 0 Å². The first kappa shape index (κ1) is 13.9. The van der Waals surface area contributed by atoms with Crippen LogP contribution in [0.3, 0.4) is 0 Å². The third-order valence-electron chi connectivity index (χ3n) is 2.98. The summed E-state index contributed by atoms with van der Waals surface area (Å²) in [5, 5.41) is 3.76. The number of halogens is 2. The van der Waals surface area contributed by atoms with Crippen LogP contribution in [0.25, 0.3) is 0 Å². The fourth-order valence-corrected chi connectivity index (χ4v) is 2.36. The van der Waals surface area contributed by atoms with Crippen molar-refractivity contribution in [1.82, 2.24) is 0 Å². The van der Waals surface area contributed by atoms with Crippen LogP contribution in [0.4, 0.5) is 10.1 Å². The third kappa shape index (κ3) is 3.97. The van der Waals surface area contributed by atoms with Crippen molar-refractivity contribution in [2.24, 2.45) is 0 Å². The zero-order valence-corrected chi connectivity index (χ0v) is 11.6. The Hall–Kier alpha value is -1.54. The van der Waals surface area contributed by atoms with Gasteiger partial charge in [0.05, 0.1) is 6.04 Å². The highest BCUT2D eigenvalue weighted by Gasteiger charge is 2.10. The average Bonchev–Trinajstić information content (AvgIpc) is 2.38. The van der Waals surface area contributed by atoms with Crippen molar-refractivity contribution in [2.45, 2.75) is 25.8 Å². The molecule has 0 bridgehead atoms. The molecule has 1 nitrogen and oxygen atoms in total. The van der Waals surface area contributed by atoms with Crippen molar-refractivity contribution >= 4 is 17.3 Å². The molecule has 0 saturated carbocycles. The van der Waals surface area contributed by atoms with Gasteiger partial charge in [0.25, 0.3) is 0 Å². The van der Waals surface area contributed by atoms with E-state index in [0.717, 1.165) is 12.8 Å². The Kier molecular flexibility index (Phi) is 4.80. The Bertz CT molecular complexity index is 507. The molecule has 0 heterocycles. The van der Waals surface area contributed by atoms with Gasteiger partial charge >= 0.3 is 0 Å². The van der Waals surface area contributed by atoms with Gasteiger partial charge in [0.2, 0.25) is 0 Å². The van der Waals surface area contributed by atoms with E-state index < -0.39 is 0 Å². The van der Waals surface area contributed by atoms with E-state index >= 15 is 0 Å². The molecule has 0 aliphatic rings. The SMILES string of the molecule is CCCC(Nc1cc(F)cc(Cl)c1)c1ccccc1. The Morgan fingerprint density at radius 2 is 1.89 bits per heavy atom. The predicted molar refractivity (Wildman–Crippen MR) is 79.1 cm³/mol. The van der Waals surface area contributed by atoms with Crippen molar-refractivity contribution in [2.75, 3.05) is 5.32 Å². The fourth-order valence-electron chi connectivity index (χ4n) is 2.13. The summed E-state index contributed by atoms with van der Waals surface area (Å²) in [7, 11) is 0. The summed E-state index contributed by atoms with van der Waals surface area (Å²) in [6.45, 7) is 2.14. The van der Waals surface area contributed by atoms with Crippen molar-refractivity contribution in [3.63, 3.8) is 0 Å². The maximum Gasteiger partial charge on any atom is 0.126 e. The van der Waals surface area contributed by atoms with Crippen molar-refractivity contribution in [3.8, 4) is 0 Å². The summed E-state index contributed by atoms with van der Waals surface area (Å²) >= 11 is 5.88. The van der Waals surface area contributed by atoms with E-state index in [1.165, 1.54) is 17.7 Å². The van der Waals surface area contributed by atoms with Crippen LogP contribution in [0.1, 0.15) is 31.4 Å². The molecule has 0 aliphatic heterocycles. The molecular formula is C16H17ClFN. The number of hydrogen-bond donors (Lipinski definition) is 1. The van der Waals surface area contributed by atoms with E-state index in [-0.39, 0.29) is 11.9 Å². The van der Waals surface area contributed by atoms with Gasteiger partial charge in [-0.25, -0.2) is 4.39 Å². The molecular weight excluding hydrogens is 261 g/mol. The van der Waals surface area contributed by atoms with Crippen molar-refractivity contribution < 1.29 is 4.39 Å². The van der Waals surface area contributed by atoms with Gasteiger partial charge in [-0.05, 0) is 30.2 Å². The highest BCUT2D eigenvalue weighted by atomic mass is 35.5. The molecule has 3 heteroatoms. The molecule has 0 amide bonds. The maximum atomic E-state index is 13.3. The maximum absolute atomic E-state index is 13.3. The summed E-state index contributed by atoms with van der Waals surface area (Å²) in [5.74, 6) is -0.321. The minimum atomic E-state index is -0.321. The number of benzene rings is 2. The van der Waals surface area contributed by atoms with E-state index in [1.54, 1.807) is 6.07 Å². The quantitative estimate of drug-likeness (QED) is 0.768. The Labute approximate surface area is 118 Å². The van der Waals surface area contributed by atoms with Crippen molar-refractivity contribution in [1.29, 1.82) is 0 Å². The molecule has 100 valence electrons. The van der Waals surface area contributed by atoms with E-state index in [2.05, 4.69) is 24.4 Å². The van der Waals surface area contributed by atoms with Crippen LogP contribution in [0.15, 0.2) is 48.5 Å². The highest BCUT2D eigenvalue weighted by Crippen LogP contribution is 2.26. The second-order valence-electron chi connectivity index (χ2n) is 4.55. The van der Waals surface area contributed by atoms with Gasteiger partial charge in [0.1, 0.15) is 5.82 Å². The van der Waals surface area contributed by atoms with Gasteiger partial charge in [-0.2, -0.15) is 0 Å². The lowest BCUT2D eigenvalue weighted by atomic mass is 10.0. The number of nitrogens with one attached hydrogen (secondary N) is 1. The minimum absolute atomic E-state index is 0.170. The van der Waals surface area contributed by atoms with Crippen molar-refractivity contribution in [3.05, 3.63) is 64.9 Å². The number of anilines is 1. The smallest absolute Gasteiger partial charge is 0.126 e. The minimum Gasteiger partial charge on any atom is -0.378 e. The second-order valence-corrected chi connectivity index (χ2v) is 4.99. The molecule has 0 saturated heterocycles. The normalized spacial score (nSPS) is 12.2. The van der Waals surface area contributed by atoms with Crippen LogP contribution in [0, 0.1) is 5.82 Å². The molecule has 19 heavy (non-hydrogen) atoms. The fraction of sp³-hybridized carbons (Fsp3) is 0.250. The molecule has 1 unspecified atom stereocenters. The Morgan fingerprint density at radius 3 is 2.53 bits per heavy atom. The summed E-state index contributed by atoms with van der Waals surface area (Å²) < 4.78 is 13.3. The summed E-state index contributed by atoms with van der Waals surface area (Å²) in [6.07, 6.45) is 2.04. The van der Waals surface area contributed by atoms with Crippen LogP contribution in [0.2, 0.25) is 5.02 Å². The predicted octanol–water partition coefficient (Wildman–Crippen LogP) is 5.43. The molecule has 0 aliphatic carbocycles. The lowest BCUT2D eigenvalue weighted by molar-refractivity contribution is 0.626. The first-order valence-corrected chi connectivity index (χ1v) is 6.84. The molecule has 2 aromatic rings. The van der Waals surface area contributed by atoms with E-state index in [4.69, 9.17) is 11.6 Å². The van der Waals surface area contributed by atoms with Gasteiger partial charge in [-0.1, -0.05) is 55.3 Å². The Morgan fingerprint density at radius 1 is 1.16 bits per heavy atom. The number of hydrogen-bond acceptors (Lipinski definition) is 1. The standard InChI is InChI=1S/C16H17ClFN/c1-2-6-16(12-7-4-3-5-8-12)19-15-10-13(17)9-14(18)11-15/h3-5,7-11,16,19H,2,6H2,1H3. The van der Waals surface area contributed by atoms with Gasteiger partial charge in [-0.3, -0.25) is 0 Å². The van der Waals surface area contributed by atoms with Crippen LogP contribution in [0.5, 0.6) is 0 Å². The van der Waals surface area contributed by atoms with Crippen LogP contribution in [-0.2, 0) is 0 Å². The highest BCUT2D eigenvalue weighted by molar-refractivity contribution is 6.30. The third-order valence-corrected chi connectivity index (χ3v) is 3.20. The molecule has 0 aromatic heterocycles. The van der Waals surface area contributed by atoms with Crippen LogP contribution >= 0.6 is 11.6 Å². The van der Waals surface area contributed by atoms with E-state index in [1.807, 2.05) is 18.2 Å². The molecule has 2 aromatic carbocycles. The van der Waals surface area contributed by atoms with E-state index in [9.17, 15) is 4.39 Å². The van der Waals surface area contributed by atoms with Gasteiger partial charge in [0, 0.05) is 10.7 Å². The molecule has 0 fully saturated rings. The molecule has 0 radical (unpaired) electrons. The first-order valence-electron chi connectivity index (χ1n) is 6.46. The first-order chi connectivity index (χ1) is 9.19. The lowest BCUT2D eigenvalue weighted by Crippen LogP contribution is -2.10. The topological polar surface area (TPSA) is 12.0 Å². The molecule has 2 rings (SSSR count). The zero-order chi connectivity index (χ0) is 13.7. The largest absolute Gasteiger partial charge is 0.378 e. The van der Waals surface area contributed by atoms with Gasteiger partial charge in [-0.15, -0.1) is 0 Å². The lowest BCUT2D eigenvalue weighted by Gasteiger charge is -2.20. The molecule has 1 atom stereocenters. The molecule has 1 N–H and O–H groups in total. The van der Waals surface area contributed by atoms with Crippen LogP contribution < -0.4 is 5.32 Å². The summed E-state index contributed by atoms with van der Waals surface area (Å²) in [4.78, 5) is 0. The van der Waals surface area contributed by atoms with E-state index in [0.29, 0.717) is 10.7 Å². The zero-order valence-electron chi connectivity index (χ0n) is 10.9. The summed E-state index contributed by atoms with van der Waals surface area (Å²) in [5.41, 5.74) is 1.91. The monoisotopic (exact) mass is 277 g/mol. The summed E-state index contributed by atoms with van der Waals surface area (Å²) in [6, 6.07) is 14.9. The second kappa shape index (κ2) is 6.58. The molecule has 0 spiro atoms. The van der Waals surface area contributed by atoms with Crippen LogP contribution in [-0.4, -0.2) is 0 Å². The van der Waals surface area contributed by atoms with Gasteiger partial charge < -0.3 is 5.32 Å². The Balaban J connectivity index is 2.21.